The second-order valence-corrected chi connectivity index (χ2v) is 4.91. The molecule has 0 fully saturated rings. The van der Waals surface area contributed by atoms with Gasteiger partial charge in [-0.05, 0) is 19.1 Å². The molecule has 0 aromatic carbocycles. The van der Waals surface area contributed by atoms with Gasteiger partial charge in [-0.25, -0.2) is 4.98 Å². The van der Waals surface area contributed by atoms with E-state index < -0.39 is 0 Å². The number of hydrogen-bond donors (Lipinski definition) is 1. The fourth-order valence-electron chi connectivity index (χ4n) is 1.17. The normalized spacial score (nSPS) is 10.4. The van der Waals surface area contributed by atoms with Crippen molar-refractivity contribution in [2.45, 2.75) is 6.92 Å². The zero-order chi connectivity index (χ0) is 10.1. The Balaban J connectivity index is 2.63. The third kappa shape index (κ3) is 1.73. The first-order chi connectivity index (χ1) is 6.68. The molecule has 0 amide bonds. The van der Waals surface area contributed by atoms with Crippen molar-refractivity contribution in [2.75, 3.05) is 0 Å². The molecule has 2 nitrogen and oxygen atoms in total. The molecule has 5 heteroatoms. The van der Waals surface area contributed by atoms with Crippen LogP contribution in [-0.2, 0) is 0 Å². The molecule has 2 aromatic heterocycles. The molecule has 2 rings (SSSR count). The van der Waals surface area contributed by atoms with Gasteiger partial charge in [-0.15, -0.1) is 11.3 Å². The molecule has 2 aromatic rings. The van der Waals surface area contributed by atoms with Crippen LogP contribution in [0.5, 0.6) is 0 Å². The second-order valence-electron chi connectivity index (χ2n) is 2.81. The number of H-pyrrole nitrogens is 1. The van der Waals surface area contributed by atoms with Gasteiger partial charge in [-0.2, -0.15) is 0 Å². The van der Waals surface area contributed by atoms with E-state index >= 15 is 0 Å². The highest BCUT2D eigenvalue weighted by atomic mass is 35.5. The summed E-state index contributed by atoms with van der Waals surface area (Å²) in [5.41, 5.74) is 1.99. The maximum Gasteiger partial charge on any atom is 0.132 e. The first-order valence-electron chi connectivity index (χ1n) is 3.98. The van der Waals surface area contributed by atoms with Gasteiger partial charge in [0.15, 0.2) is 0 Å². The predicted molar refractivity (Wildman–Crippen MR) is 62.5 cm³/mol. The lowest BCUT2D eigenvalue weighted by Gasteiger charge is -2.01. The average molecular weight is 243 g/mol. The molecule has 2 heterocycles. The summed E-state index contributed by atoms with van der Waals surface area (Å²) in [5.74, 6) is 0. The Morgan fingerprint density at radius 2 is 2.29 bits per heavy atom. The summed E-state index contributed by atoms with van der Waals surface area (Å²) in [6, 6.07) is 3.85. The molecule has 0 aliphatic heterocycles. The minimum atomic E-state index is 0.628. The molecule has 0 bridgehead atoms. The van der Waals surface area contributed by atoms with Crippen LogP contribution in [0.1, 0.15) is 5.56 Å². The summed E-state index contributed by atoms with van der Waals surface area (Å²) in [6.45, 7) is 1.95. The molecular formula is C9H7ClN2S2. The smallest absolute Gasteiger partial charge is 0.132 e. The highest BCUT2D eigenvalue weighted by molar-refractivity contribution is 7.71. The van der Waals surface area contributed by atoms with Gasteiger partial charge >= 0.3 is 0 Å². The summed E-state index contributed by atoms with van der Waals surface area (Å²) in [5, 5.41) is 0. The topological polar surface area (TPSA) is 28.7 Å². The third-order valence-electron chi connectivity index (χ3n) is 1.91. The van der Waals surface area contributed by atoms with E-state index in [-0.39, 0.29) is 0 Å². The minimum Gasteiger partial charge on any atom is -0.345 e. The average Bonchev–Trinajstić information content (AvgIpc) is 2.57. The van der Waals surface area contributed by atoms with Crippen molar-refractivity contribution in [1.29, 1.82) is 0 Å². The molecule has 14 heavy (non-hydrogen) atoms. The van der Waals surface area contributed by atoms with Crippen LogP contribution >= 0.6 is 35.2 Å². The third-order valence-corrected chi connectivity index (χ3v) is 3.57. The first kappa shape index (κ1) is 9.83. The van der Waals surface area contributed by atoms with Crippen molar-refractivity contribution in [3.63, 3.8) is 0 Å². The number of halogens is 1. The number of nitrogens with one attached hydrogen (secondary N) is 1. The molecule has 0 aliphatic rings. The number of thiophene rings is 1. The van der Waals surface area contributed by atoms with E-state index in [9.17, 15) is 0 Å². The van der Waals surface area contributed by atoms with Gasteiger partial charge in [0.05, 0.1) is 21.2 Å². The van der Waals surface area contributed by atoms with E-state index in [1.807, 2.05) is 19.1 Å². The number of aromatic nitrogens is 2. The molecule has 1 N–H and O–H groups in total. The predicted octanol–water partition coefficient (Wildman–Crippen LogP) is 3.83. The van der Waals surface area contributed by atoms with E-state index in [4.69, 9.17) is 23.8 Å². The highest BCUT2D eigenvalue weighted by Crippen LogP contribution is 2.31. The Labute approximate surface area is 95.6 Å². The summed E-state index contributed by atoms with van der Waals surface area (Å²) >= 11 is 12.5. The Morgan fingerprint density at radius 3 is 2.93 bits per heavy atom. The van der Waals surface area contributed by atoms with Gasteiger partial charge in [-0.3, -0.25) is 0 Å². The lowest BCUT2D eigenvalue weighted by Crippen LogP contribution is -1.89. The van der Waals surface area contributed by atoms with Crippen molar-refractivity contribution < 1.29 is 0 Å². The zero-order valence-electron chi connectivity index (χ0n) is 7.37. The summed E-state index contributed by atoms with van der Waals surface area (Å²) in [7, 11) is 0. The summed E-state index contributed by atoms with van der Waals surface area (Å²) in [6.07, 6.45) is 1.61. The Kier molecular flexibility index (Phi) is 2.67. The van der Waals surface area contributed by atoms with Crippen LogP contribution < -0.4 is 0 Å². The van der Waals surface area contributed by atoms with Crippen molar-refractivity contribution in [3.8, 4) is 10.6 Å². The summed E-state index contributed by atoms with van der Waals surface area (Å²) in [4.78, 5) is 8.17. The number of hydrogen-bond acceptors (Lipinski definition) is 3. The lowest BCUT2D eigenvalue weighted by atomic mass is 10.2. The van der Waals surface area contributed by atoms with Gasteiger partial charge in [0, 0.05) is 5.56 Å². The molecule has 72 valence electrons. The van der Waals surface area contributed by atoms with E-state index in [2.05, 4.69) is 9.97 Å². The van der Waals surface area contributed by atoms with Gasteiger partial charge in [0.1, 0.15) is 4.64 Å². The van der Waals surface area contributed by atoms with Crippen LogP contribution in [0, 0.1) is 11.6 Å². The molecule has 0 saturated carbocycles. The van der Waals surface area contributed by atoms with Crippen molar-refractivity contribution >= 4 is 35.2 Å². The molecule has 0 saturated heterocycles. The minimum absolute atomic E-state index is 0.628. The standard InChI is InChI=1S/C9H7ClN2S2/c1-5-8(11-4-12-9(5)13)6-2-3-7(10)14-6/h2-4H,1H3,(H,11,12,13). The lowest BCUT2D eigenvalue weighted by molar-refractivity contribution is 1.12. The second kappa shape index (κ2) is 3.81. The summed E-state index contributed by atoms with van der Waals surface area (Å²) < 4.78 is 1.40. The van der Waals surface area contributed by atoms with Crippen LogP contribution in [0.3, 0.4) is 0 Å². The zero-order valence-corrected chi connectivity index (χ0v) is 9.76. The van der Waals surface area contributed by atoms with Crippen LogP contribution in [0.25, 0.3) is 10.6 Å². The molecule has 0 atom stereocenters. The molecule has 0 radical (unpaired) electrons. The molecule has 0 spiro atoms. The van der Waals surface area contributed by atoms with Crippen LogP contribution in [0.2, 0.25) is 4.34 Å². The maximum atomic E-state index is 5.87. The van der Waals surface area contributed by atoms with Crippen LogP contribution in [0.15, 0.2) is 18.5 Å². The van der Waals surface area contributed by atoms with E-state index in [1.165, 1.54) is 11.3 Å². The highest BCUT2D eigenvalue weighted by Gasteiger charge is 2.05. The van der Waals surface area contributed by atoms with E-state index in [1.54, 1.807) is 6.33 Å². The Hall–Kier alpha value is -0.710. The quantitative estimate of drug-likeness (QED) is 0.770. The van der Waals surface area contributed by atoms with Crippen molar-refractivity contribution in [3.05, 3.63) is 33.0 Å². The molecular weight excluding hydrogens is 236 g/mol. The number of rotatable bonds is 1. The Morgan fingerprint density at radius 1 is 1.50 bits per heavy atom. The Bertz CT molecular complexity index is 516. The van der Waals surface area contributed by atoms with Gasteiger partial charge < -0.3 is 4.98 Å². The number of nitrogens with zero attached hydrogens (tertiary/aromatic N) is 1. The van der Waals surface area contributed by atoms with Gasteiger partial charge in [0.25, 0.3) is 0 Å². The maximum absolute atomic E-state index is 5.87. The number of aromatic amines is 1. The van der Waals surface area contributed by atoms with Gasteiger partial charge in [0.2, 0.25) is 0 Å². The van der Waals surface area contributed by atoms with Crippen LogP contribution in [0.4, 0.5) is 0 Å². The molecule has 0 aliphatic carbocycles. The van der Waals surface area contributed by atoms with E-state index in [0.29, 0.717) is 4.64 Å². The fourth-order valence-corrected chi connectivity index (χ4v) is 2.44. The van der Waals surface area contributed by atoms with Crippen LogP contribution in [-0.4, -0.2) is 9.97 Å². The SMILES string of the molecule is Cc1c(-c2ccc(Cl)s2)[nH]cnc1=S. The monoisotopic (exact) mass is 242 g/mol. The first-order valence-corrected chi connectivity index (χ1v) is 5.59. The van der Waals surface area contributed by atoms with Crippen molar-refractivity contribution in [2.24, 2.45) is 0 Å². The van der Waals surface area contributed by atoms with Gasteiger partial charge in [-0.1, -0.05) is 23.8 Å². The van der Waals surface area contributed by atoms with Crippen molar-refractivity contribution in [1.82, 2.24) is 9.97 Å². The largest absolute Gasteiger partial charge is 0.345 e. The fraction of sp³-hybridized carbons (Fsp3) is 0.111. The molecule has 0 unspecified atom stereocenters. The van der Waals surface area contributed by atoms with E-state index in [0.717, 1.165) is 20.5 Å².